The van der Waals surface area contributed by atoms with E-state index >= 15 is 0 Å². The van der Waals surface area contributed by atoms with Gasteiger partial charge in [-0.2, -0.15) is 0 Å². The average molecular weight is 248 g/mol. The van der Waals surface area contributed by atoms with Gasteiger partial charge in [-0.15, -0.1) is 0 Å². The predicted octanol–water partition coefficient (Wildman–Crippen LogP) is 2.10. The zero-order chi connectivity index (χ0) is 13.1. The standard InChI is InChI=1S/C15H24N2O/c1-11-4-6-14(7-5-11)15(16)10-17-8-12(2)18-13(3)9-17/h4-7,12-13,15H,8-10,16H2,1-3H3/t12-,13+,15?. The number of ether oxygens (including phenoxy) is 1. The normalized spacial score (nSPS) is 27.1. The van der Waals surface area contributed by atoms with Crippen LogP contribution < -0.4 is 5.73 Å². The Hall–Kier alpha value is -0.900. The lowest BCUT2D eigenvalue weighted by Gasteiger charge is -2.36. The van der Waals surface area contributed by atoms with E-state index in [4.69, 9.17) is 10.5 Å². The Morgan fingerprint density at radius 2 is 1.78 bits per heavy atom. The Balaban J connectivity index is 1.94. The van der Waals surface area contributed by atoms with E-state index in [9.17, 15) is 0 Å². The molecule has 1 aromatic rings. The van der Waals surface area contributed by atoms with Gasteiger partial charge in [-0.1, -0.05) is 29.8 Å². The number of nitrogens with zero attached hydrogens (tertiary/aromatic N) is 1. The molecule has 1 unspecified atom stereocenters. The van der Waals surface area contributed by atoms with E-state index in [-0.39, 0.29) is 6.04 Å². The molecule has 1 aliphatic rings. The van der Waals surface area contributed by atoms with Crippen LogP contribution in [0.3, 0.4) is 0 Å². The molecule has 1 aliphatic heterocycles. The first-order valence-corrected chi connectivity index (χ1v) is 6.74. The van der Waals surface area contributed by atoms with Crippen LogP contribution in [0.15, 0.2) is 24.3 Å². The van der Waals surface area contributed by atoms with Crippen LogP contribution in [0.4, 0.5) is 0 Å². The van der Waals surface area contributed by atoms with Gasteiger partial charge in [0.1, 0.15) is 0 Å². The van der Waals surface area contributed by atoms with Crippen molar-refractivity contribution in [1.82, 2.24) is 4.90 Å². The lowest BCUT2D eigenvalue weighted by molar-refractivity contribution is -0.0691. The average Bonchev–Trinajstić information content (AvgIpc) is 2.28. The largest absolute Gasteiger partial charge is 0.373 e. The van der Waals surface area contributed by atoms with Crippen molar-refractivity contribution in [3.63, 3.8) is 0 Å². The highest BCUT2D eigenvalue weighted by Crippen LogP contribution is 2.16. The molecule has 2 N–H and O–H groups in total. The van der Waals surface area contributed by atoms with Crippen molar-refractivity contribution in [3.8, 4) is 0 Å². The molecule has 0 radical (unpaired) electrons. The van der Waals surface area contributed by atoms with E-state index in [1.165, 1.54) is 11.1 Å². The fourth-order valence-corrected chi connectivity index (χ4v) is 2.63. The van der Waals surface area contributed by atoms with Crippen LogP contribution in [0, 0.1) is 6.92 Å². The summed E-state index contributed by atoms with van der Waals surface area (Å²) < 4.78 is 5.74. The fraction of sp³-hybridized carbons (Fsp3) is 0.600. The second kappa shape index (κ2) is 5.83. The zero-order valence-corrected chi connectivity index (χ0v) is 11.6. The van der Waals surface area contributed by atoms with E-state index in [1.54, 1.807) is 0 Å². The third-order valence-corrected chi connectivity index (χ3v) is 3.46. The van der Waals surface area contributed by atoms with Gasteiger partial charge in [0.2, 0.25) is 0 Å². The number of rotatable bonds is 3. The van der Waals surface area contributed by atoms with Gasteiger partial charge in [-0.25, -0.2) is 0 Å². The van der Waals surface area contributed by atoms with Crippen molar-refractivity contribution < 1.29 is 4.74 Å². The molecule has 0 aromatic heterocycles. The molecular formula is C15H24N2O. The summed E-state index contributed by atoms with van der Waals surface area (Å²) in [6.07, 6.45) is 0.609. The van der Waals surface area contributed by atoms with Crippen LogP contribution in [0.2, 0.25) is 0 Å². The molecule has 1 fully saturated rings. The molecule has 1 aromatic carbocycles. The highest BCUT2D eigenvalue weighted by atomic mass is 16.5. The molecule has 2 rings (SSSR count). The summed E-state index contributed by atoms with van der Waals surface area (Å²) in [7, 11) is 0. The topological polar surface area (TPSA) is 38.5 Å². The number of nitrogens with two attached hydrogens (primary N) is 1. The molecule has 3 atom stereocenters. The molecule has 3 nitrogen and oxygen atoms in total. The predicted molar refractivity (Wildman–Crippen MR) is 74.6 cm³/mol. The van der Waals surface area contributed by atoms with Crippen molar-refractivity contribution in [2.45, 2.75) is 39.0 Å². The van der Waals surface area contributed by atoms with Crippen LogP contribution in [-0.2, 0) is 4.74 Å². The molecular weight excluding hydrogens is 224 g/mol. The van der Waals surface area contributed by atoms with Crippen LogP contribution in [0.25, 0.3) is 0 Å². The number of benzene rings is 1. The number of hydrogen-bond acceptors (Lipinski definition) is 3. The first-order chi connectivity index (χ1) is 8.54. The summed E-state index contributed by atoms with van der Waals surface area (Å²) >= 11 is 0. The quantitative estimate of drug-likeness (QED) is 0.890. The molecule has 18 heavy (non-hydrogen) atoms. The Bertz CT molecular complexity index is 367. The van der Waals surface area contributed by atoms with E-state index in [1.807, 2.05) is 0 Å². The molecule has 0 amide bonds. The van der Waals surface area contributed by atoms with E-state index in [2.05, 4.69) is 49.9 Å². The molecule has 1 heterocycles. The molecule has 0 bridgehead atoms. The first kappa shape index (κ1) is 13.5. The number of aryl methyl sites for hydroxylation is 1. The third kappa shape index (κ3) is 3.55. The van der Waals surface area contributed by atoms with Crippen molar-refractivity contribution in [2.75, 3.05) is 19.6 Å². The van der Waals surface area contributed by atoms with Crippen LogP contribution in [-0.4, -0.2) is 36.7 Å². The maximum absolute atomic E-state index is 6.28. The van der Waals surface area contributed by atoms with Crippen molar-refractivity contribution in [3.05, 3.63) is 35.4 Å². The minimum Gasteiger partial charge on any atom is -0.373 e. The van der Waals surface area contributed by atoms with Gasteiger partial charge >= 0.3 is 0 Å². The fourth-order valence-electron chi connectivity index (χ4n) is 2.63. The van der Waals surface area contributed by atoms with Crippen molar-refractivity contribution in [1.29, 1.82) is 0 Å². The Morgan fingerprint density at radius 1 is 1.22 bits per heavy atom. The van der Waals surface area contributed by atoms with Crippen LogP contribution in [0.5, 0.6) is 0 Å². The van der Waals surface area contributed by atoms with E-state index in [0.29, 0.717) is 12.2 Å². The second-order valence-corrected chi connectivity index (χ2v) is 5.49. The van der Waals surface area contributed by atoms with Gasteiger partial charge in [0, 0.05) is 25.7 Å². The summed E-state index contributed by atoms with van der Waals surface area (Å²) in [5.41, 5.74) is 8.78. The van der Waals surface area contributed by atoms with E-state index < -0.39 is 0 Å². The van der Waals surface area contributed by atoms with Gasteiger partial charge in [-0.05, 0) is 26.3 Å². The van der Waals surface area contributed by atoms with Crippen molar-refractivity contribution >= 4 is 0 Å². The lowest BCUT2D eigenvalue weighted by Crippen LogP contribution is -2.47. The SMILES string of the molecule is Cc1ccc(C(N)CN2C[C@@H](C)O[C@@H](C)C2)cc1. The smallest absolute Gasteiger partial charge is 0.0678 e. The highest BCUT2D eigenvalue weighted by molar-refractivity contribution is 5.24. The molecule has 0 spiro atoms. The van der Waals surface area contributed by atoms with Gasteiger partial charge in [0.15, 0.2) is 0 Å². The summed E-state index contributed by atoms with van der Waals surface area (Å²) in [6.45, 7) is 9.20. The number of hydrogen-bond donors (Lipinski definition) is 1. The highest BCUT2D eigenvalue weighted by Gasteiger charge is 2.23. The summed E-state index contributed by atoms with van der Waals surface area (Å²) in [5, 5.41) is 0. The van der Waals surface area contributed by atoms with Gasteiger partial charge in [-0.3, -0.25) is 4.90 Å². The third-order valence-electron chi connectivity index (χ3n) is 3.46. The molecule has 100 valence electrons. The molecule has 1 saturated heterocycles. The molecule has 0 saturated carbocycles. The van der Waals surface area contributed by atoms with Gasteiger partial charge in [0.05, 0.1) is 12.2 Å². The zero-order valence-electron chi connectivity index (χ0n) is 11.6. The Morgan fingerprint density at radius 3 is 2.33 bits per heavy atom. The molecule has 0 aliphatic carbocycles. The lowest BCUT2D eigenvalue weighted by atomic mass is 10.0. The summed E-state index contributed by atoms with van der Waals surface area (Å²) in [5.74, 6) is 0. The minimum absolute atomic E-state index is 0.0862. The second-order valence-electron chi connectivity index (χ2n) is 5.49. The Labute approximate surface area is 110 Å². The monoisotopic (exact) mass is 248 g/mol. The van der Waals surface area contributed by atoms with Crippen LogP contribution in [0.1, 0.15) is 31.0 Å². The van der Waals surface area contributed by atoms with Crippen LogP contribution >= 0.6 is 0 Å². The number of morpholine rings is 1. The van der Waals surface area contributed by atoms with Gasteiger partial charge < -0.3 is 10.5 Å². The van der Waals surface area contributed by atoms with Crippen molar-refractivity contribution in [2.24, 2.45) is 5.73 Å². The maximum atomic E-state index is 6.28. The summed E-state index contributed by atoms with van der Waals surface area (Å²) in [4.78, 5) is 2.41. The maximum Gasteiger partial charge on any atom is 0.0678 e. The minimum atomic E-state index is 0.0862. The first-order valence-electron chi connectivity index (χ1n) is 6.74. The molecule has 3 heteroatoms. The van der Waals surface area contributed by atoms with E-state index in [0.717, 1.165) is 19.6 Å². The van der Waals surface area contributed by atoms with Gasteiger partial charge in [0.25, 0.3) is 0 Å². The Kier molecular flexibility index (Phi) is 4.38. The summed E-state index contributed by atoms with van der Waals surface area (Å²) in [6, 6.07) is 8.60.